The number of hydrogen-bond acceptors (Lipinski definition) is 6. The van der Waals surface area contributed by atoms with E-state index in [1.807, 2.05) is 13.0 Å². The van der Waals surface area contributed by atoms with Crippen molar-refractivity contribution in [2.75, 3.05) is 23.9 Å². The number of carboxylic acid groups (broad SMARTS) is 1. The largest absolute Gasteiger partial charge is 0.481 e. The lowest BCUT2D eigenvalue weighted by Gasteiger charge is -2.27. The molecule has 3 aromatic rings. The number of methoxy groups -OCH3 is 1. The Bertz CT molecular complexity index is 1310. The summed E-state index contributed by atoms with van der Waals surface area (Å²) in [5.74, 6) is 0.667. The molecule has 1 atom stereocenters. The molecule has 1 aromatic carbocycles. The quantitative estimate of drug-likeness (QED) is 0.408. The minimum Gasteiger partial charge on any atom is -0.481 e. The summed E-state index contributed by atoms with van der Waals surface area (Å²) in [7, 11) is 1.54. The van der Waals surface area contributed by atoms with Crippen molar-refractivity contribution in [3.63, 3.8) is 0 Å². The topological polar surface area (TPSA) is 110 Å². The zero-order valence-electron chi connectivity index (χ0n) is 19.5. The van der Waals surface area contributed by atoms with Gasteiger partial charge >= 0.3 is 6.09 Å². The number of amides is 1. The van der Waals surface area contributed by atoms with Crippen LogP contribution in [0.2, 0.25) is 10.2 Å². The van der Waals surface area contributed by atoms with Gasteiger partial charge in [0.15, 0.2) is 5.82 Å². The van der Waals surface area contributed by atoms with Crippen molar-refractivity contribution in [1.82, 2.24) is 14.5 Å². The van der Waals surface area contributed by atoms with Gasteiger partial charge in [-0.25, -0.2) is 14.8 Å². The SMILES string of the molecule is COc1nc(C)c(Nc2nc(Cl)cn([C@H](CN(C(=O)O)c3ccc(Cl)cc3)C3CC3)c2=O)cc1C. The maximum atomic E-state index is 13.5. The molecule has 4 rings (SSSR count). The zero-order valence-corrected chi connectivity index (χ0v) is 21.0. The number of pyridine rings is 1. The molecule has 0 spiro atoms. The molecule has 2 heterocycles. The molecule has 0 saturated heterocycles. The number of aryl methyl sites for hydroxylation is 2. The predicted octanol–water partition coefficient (Wildman–Crippen LogP) is 5.45. The third-order valence-electron chi connectivity index (χ3n) is 5.97. The molecule has 0 unspecified atom stereocenters. The molecular formula is C24H25Cl2N5O4. The van der Waals surface area contributed by atoms with Crippen LogP contribution in [-0.4, -0.2) is 39.4 Å². The minimum absolute atomic E-state index is 0.0333. The molecule has 9 nitrogen and oxygen atoms in total. The number of anilines is 3. The van der Waals surface area contributed by atoms with Gasteiger partial charge in [-0.3, -0.25) is 9.69 Å². The van der Waals surface area contributed by atoms with Crippen LogP contribution in [0.15, 0.2) is 41.3 Å². The van der Waals surface area contributed by atoms with Crippen LogP contribution in [0.1, 0.15) is 30.1 Å². The van der Waals surface area contributed by atoms with E-state index in [0.29, 0.717) is 28.0 Å². The van der Waals surface area contributed by atoms with Crippen molar-refractivity contribution in [3.05, 3.63) is 68.3 Å². The molecule has 0 radical (unpaired) electrons. The van der Waals surface area contributed by atoms with E-state index in [4.69, 9.17) is 27.9 Å². The number of carbonyl (C=O) groups is 1. The summed E-state index contributed by atoms with van der Waals surface area (Å²) < 4.78 is 6.74. The summed E-state index contributed by atoms with van der Waals surface area (Å²) in [5.41, 5.74) is 2.07. The second kappa shape index (κ2) is 10.1. The van der Waals surface area contributed by atoms with E-state index in [-0.39, 0.29) is 23.4 Å². The van der Waals surface area contributed by atoms with Crippen LogP contribution in [0.5, 0.6) is 5.88 Å². The predicted molar refractivity (Wildman–Crippen MR) is 136 cm³/mol. The highest BCUT2D eigenvalue weighted by Gasteiger charge is 2.36. The number of rotatable bonds is 8. The van der Waals surface area contributed by atoms with Gasteiger partial charge in [-0.15, -0.1) is 0 Å². The van der Waals surface area contributed by atoms with E-state index in [9.17, 15) is 14.7 Å². The van der Waals surface area contributed by atoms with Crippen LogP contribution in [0.25, 0.3) is 0 Å². The molecule has 1 fully saturated rings. The lowest BCUT2D eigenvalue weighted by Crippen LogP contribution is -2.39. The van der Waals surface area contributed by atoms with E-state index in [0.717, 1.165) is 18.4 Å². The van der Waals surface area contributed by atoms with Gasteiger partial charge in [0.1, 0.15) is 5.15 Å². The van der Waals surface area contributed by atoms with Gasteiger partial charge in [0.25, 0.3) is 5.56 Å². The van der Waals surface area contributed by atoms with Crippen molar-refractivity contribution in [2.24, 2.45) is 5.92 Å². The average molecular weight is 518 g/mol. The summed E-state index contributed by atoms with van der Waals surface area (Å²) in [6.45, 7) is 3.71. The van der Waals surface area contributed by atoms with Gasteiger partial charge in [0.2, 0.25) is 5.88 Å². The van der Waals surface area contributed by atoms with Crippen molar-refractivity contribution < 1.29 is 14.6 Å². The number of benzene rings is 1. The zero-order chi connectivity index (χ0) is 25.3. The Morgan fingerprint density at radius 2 is 1.94 bits per heavy atom. The fraction of sp³-hybridized carbons (Fsp3) is 0.333. The first-order valence-electron chi connectivity index (χ1n) is 11.0. The van der Waals surface area contributed by atoms with Gasteiger partial charge in [-0.05, 0) is 62.9 Å². The minimum atomic E-state index is -1.13. The fourth-order valence-corrected chi connectivity index (χ4v) is 4.31. The Labute approximate surface area is 212 Å². The van der Waals surface area contributed by atoms with Crippen molar-refractivity contribution in [1.29, 1.82) is 0 Å². The van der Waals surface area contributed by atoms with Crippen molar-refractivity contribution >= 4 is 46.5 Å². The first-order chi connectivity index (χ1) is 16.7. The van der Waals surface area contributed by atoms with Gasteiger partial charge in [-0.1, -0.05) is 23.2 Å². The highest BCUT2D eigenvalue weighted by Crippen LogP contribution is 2.40. The standard InChI is InChI=1S/C24H25Cl2N5O4/c1-13-10-18(14(2)27-22(13)35-3)28-21-23(32)31(12-20(26)29-21)19(15-4-5-15)11-30(24(33)34)17-8-6-16(25)7-9-17/h6-10,12,15,19H,4-5,11H2,1-3H3,(H,28,29)(H,33,34)/t19-/m1/s1. The second-order valence-electron chi connectivity index (χ2n) is 8.47. The third kappa shape index (κ3) is 5.52. The molecule has 1 aliphatic rings. The molecule has 1 saturated carbocycles. The number of nitrogens with zero attached hydrogens (tertiary/aromatic N) is 4. The first kappa shape index (κ1) is 24.8. The molecule has 35 heavy (non-hydrogen) atoms. The maximum absolute atomic E-state index is 13.5. The summed E-state index contributed by atoms with van der Waals surface area (Å²) in [6.07, 6.45) is 2.10. The monoisotopic (exact) mass is 517 g/mol. The number of aromatic nitrogens is 3. The normalized spacial score (nSPS) is 13.9. The van der Waals surface area contributed by atoms with Gasteiger partial charge < -0.3 is 19.7 Å². The Hall–Kier alpha value is -3.30. The van der Waals surface area contributed by atoms with Crippen molar-refractivity contribution in [3.8, 4) is 5.88 Å². The van der Waals surface area contributed by atoms with Crippen LogP contribution >= 0.6 is 23.2 Å². The number of ether oxygens (including phenoxy) is 1. The Morgan fingerprint density at radius 1 is 1.26 bits per heavy atom. The summed E-state index contributed by atoms with van der Waals surface area (Å²) in [6, 6.07) is 7.92. The number of halogens is 2. The van der Waals surface area contributed by atoms with E-state index in [1.54, 1.807) is 38.3 Å². The smallest absolute Gasteiger partial charge is 0.411 e. The summed E-state index contributed by atoms with van der Waals surface area (Å²) >= 11 is 12.3. The Morgan fingerprint density at radius 3 is 2.54 bits per heavy atom. The number of nitrogens with one attached hydrogen (secondary N) is 1. The van der Waals surface area contributed by atoms with Crippen LogP contribution < -0.4 is 20.5 Å². The molecular weight excluding hydrogens is 493 g/mol. The number of hydrogen-bond donors (Lipinski definition) is 2. The lowest BCUT2D eigenvalue weighted by molar-refractivity contribution is 0.200. The molecule has 2 aromatic heterocycles. The molecule has 1 amide bonds. The third-order valence-corrected chi connectivity index (χ3v) is 6.40. The molecule has 184 valence electrons. The van der Waals surface area contributed by atoms with E-state index >= 15 is 0 Å². The summed E-state index contributed by atoms with van der Waals surface area (Å²) in [5, 5.41) is 13.6. The van der Waals surface area contributed by atoms with Crippen LogP contribution in [0.3, 0.4) is 0 Å². The summed E-state index contributed by atoms with van der Waals surface area (Å²) in [4.78, 5) is 35.4. The molecule has 0 bridgehead atoms. The lowest BCUT2D eigenvalue weighted by atomic mass is 10.1. The molecule has 1 aliphatic carbocycles. The van der Waals surface area contributed by atoms with Gasteiger partial charge in [0.05, 0.1) is 31.1 Å². The first-order valence-corrected chi connectivity index (χ1v) is 11.8. The van der Waals surface area contributed by atoms with E-state index in [1.165, 1.54) is 15.7 Å². The van der Waals surface area contributed by atoms with E-state index < -0.39 is 17.7 Å². The van der Waals surface area contributed by atoms with Crippen LogP contribution in [0, 0.1) is 19.8 Å². The maximum Gasteiger partial charge on any atom is 0.411 e. The fourth-order valence-electron chi connectivity index (χ4n) is 4.00. The molecule has 11 heteroatoms. The molecule has 2 N–H and O–H groups in total. The Kier molecular flexibility index (Phi) is 7.18. The molecule has 0 aliphatic heterocycles. The van der Waals surface area contributed by atoms with Gasteiger partial charge in [0, 0.05) is 22.5 Å². The van der Waals surface area contributed by atoms with Crippen LogP contribution in [-0.2, 0) is 0 Å². The van der Waals surface area contributed by atoms with Gasteiger partial charge in [-0.2, -0.15) is 0 Å². The highest BCUT2D eigenvalue weighted by molar-refractivity contribution is 6.30. The Balaban J connectivity index is 1.70. The average Bonchev–Trinajstić information content (AvgIpc) is 3.65. The second-order valence-corrected chi connectivity index (χ2v) is 9.30. The van der Waals surface area contributed by atoms with Crippen molar-refractivity contribution in [2.45, 2.75) is 32.7 Å². The highest BCUT2D eigenvalue weighted by atomic mass is 35.5. The van der Waals surface area contributed by atoms with E-state index in [2.05, 4.69) is 15.3 Å². The van der Waals surface area contributed by atoms with Crippen LogP contribution in [0.4, 0.5) is 22.0 Å².